The molecule has 0 spiro atoms. The van der Waals surface area contributed by atoms with Gasteiger partial charge in [0.05, 0.1) is 5.39 Å². The van der Waals surface area contributed by atoms with Crippen molar-refractivity contribution in [2.75, 3.05) is 0 Å². The average molecular weight is 282 g/mol. The molecule has 2 aromatic rings. The monoisotopic (exact) mass is 282 g/mol. The van der Waals surface area contributed by atoms with Crippen molar-refractivity contribution in [2.24, 2.45) is 0 Å². The fourth-order valence-electron chi connectivity index (χ4n) is 2.34. The molecule has 18 heavy (non-hydrogen) atoms. The molecule has 2 N–H and O–H groups in total. The van der Waals surface area contributed by atoms with E-state index in [0.717, 1.165) is 29.0 Å². The lowest BCUT2D eigenvalue weighted by Gasteiger charge is -2.31. The topological polar surface area (TPSA) is 65.7 Å². The summed E-state index contributed by atoms with van der Waals surface area (Å²) in [5.41, 5.74) is 0.462. The maximum atomic E-state index is 12.0. The molecule has 0 saturated heterocycles. The first-order chi connectivity index (χ1) is 8.52. The number of aromatic nitrogens is 2. The van der Waals surface area contributed by atoms with Crippen LogP contribution in [0.3, 0.4) is 0 Å². The third kappa shape index (κ3) is 1.75. The first kappa shape index (κ1) is 12.0. The lowest BCUT2D eigenvalue weighted by Crippen LogP contribution is -2.27. The smallest absolute Gasteiger partial charge is 0.298 e. The van der Waals surface area contributed by atoms with Crippen LogP contribution < -0.4 is 11.2 Å². The number of hydrogen-bond acceptors (Lipinski definition) is 4. The number of thioether (sulfide) groups is 1. The van der Waals surface area contributed by atoms with Crippen LogP contribution in [0.15, 0.2) is 9.59 Å². The highest BCUT2D eigenvalue weighted by Gasteiger charge is 2.32. The van der Waals surface area contributed by atoms with E-state index >= 15 is 0 Å². The second kappa shape index (κ2) is 3.99. The molecule has 0 fully saturated rings. The van der Waals surface area contributed by atoms with Crippen molar-refractivity contribution in [1.29, 1.82) is 0 Å². The van der Waals surface area contributed by atoms with Crippen LogP contribution in [-0.4, -0.2) is 14.7 Å². The molecule has 1 aliphatic rings. The van der Waals surface area contributed by atoms with Gasteiger partial charge in [0.1, 0.15) is 4.83 Å². The largest absolute Gasteiger partial charge is 0.326 e. The van der Waals surface area contributed by atoms with E-state index in [0.29, 0.717) is 5.39 Å². The zero-order valence-electron chi connectivity index (χ0n) is 10.3. The number of rotatable bonds is 1. The lowest BCUT2D eigenvalue weighted by molar-refractivity contribution is 0.611. The van der Waals surface area contributed by atoms with Gasteiger partial charge in [-0.1, -0.05) is 13.8 Å². The number of nitrogens with one attached hydrogen (secondary N) is 2. The second-order valence-corrected chi connectivity index (χ2v) is 7.55. The molecule has 1 aliphatic heterocycles. The van der Waals surface area contributed by atoms with E-state index in [1.54, 1.807) is 11.3 Å². The third-order valence-electron chi connectivity index (χ3n) is 3.62. The van der Waals surface area contributed by atoms with Gasteiger partial charge >= 0.3 is 5.69 Å². The Balaban J connectivity index is 2.28. The van der Waals surface area contributed by atoms with E-state index in [2.05, 4.69) is 23.8 Å². The van der Waals surface area contributed by atoms with Crippen LogP contribution >= 0.6 is 23.1 Å². The summed E-state index contributed by atoms with van der Waals surface area (Å²) < 4.78 is 0.198. The van der Waals surface area contributed by atoms with Crippen molar-refractivity contribution < 1.29 is 0 Å². The zero-order chi connectivity index (χ0) is 12.9. The summed E-state index contributed by atoms with van der Waals surface area (Å²) in [6.45, 7) is 4.42. The van der Waals surface area contributed by atoms with Crippen LogP contribution in [0.2, 0.25) is 0 Å². The number of H-pyrrole nitrogens is 2. The van der Waals surface area contributed by atoms with Gasteiger partial charge in [-0.2, -0.15) is 0 Å². The summed E-state index contributed by atoms with van der Waals surface area (Å²) >= 11 is 3.48. The Kier molecular flexibility index (Phi) is 2.67. The molecule has 0 amide bonds. The predicted octanol–water partition coefficient (Wildman–Crippen LogP) is 2.24. The minimum atomic E-state index is -0.419. The van der Waals surface area contributed by atoms with Crippen LogP contribution in [0, 0.1) is 0 Å². The highest BCUT2D eigenvalue weighted by atomic mass is 32.2. The first-order valence-electron chi connectivity index (χ1n) is 5.93. The van der Waals surface area contributed by atoms with Crippen molar-refractivity contribution in [1.82, 2.24) is 9.97 Å². The van der Waals surface area contributed by atoms with E-state index < -0.39 is 5.69 Å². The molecule has 0 aliphatic carbocycles. The highest BCUT2D eigenvalue weighted by molar-refractivity contribution is 8.00. The standard InChI is InChI=1S/C12H14N2O2S2/c1-3-12(2)4-6-7(5-17-12)18-10-8(6)9(15)13-11(16)14-10/h3-5H2,1-2H3,(H2,13,14,15,16)/t12-/m0/s1. The van der Waals surface area contributed by atoms with Gasteiger partial charge in [0.15, 0.2) is 0 Å². The van der Waals surface area contributed by atoms with Crippen molar-refractivity contribution >= 4 is 33.3 Å². The summed E-state index contributed by atoms with van der Waals surface area (Å²) in [6, 6.07) is 0. The molecule has 1 atom stereocenters. The quantitative estimate of drug-likeness (QED) is 0.843. The molecule has 0 saturated carbocycles. The number of hydrogen-bond donors (Lipinski definition) is 2. The fourth-order valence-corrected chi connectivity index (χ4v) is 4.86. The van der Waals surface area contributed by atoms with Crippen molar-refractivity contribution in [3.8, 4) is 0 Å². The Morgan fingerprint density at radius 1 is 1.33 bits per heavy atom. The first-order valence-corrected chi connectivity index (χ1v) is 7.73. The van der Waals surface area contributed by atoms with Gasteiger partial charge in [-0.3, -0.25) is 14.8 Å². The Bertz CT molecular complexity index is 728. The van der Waals surface area contributed by atoms with Crippen molar-refractivity contribution in [2.45, 2.75) is 37.2 Å². The minimum absolute atomic E-state index is 0.198. The predicted molar refractivity (Wildman–Crippen MR) is 76.8 cm³/mol. The molecule has 96 valence electrons. The van der Waals surface area contributed by atoms with Crippen LogP contribution in [0.4, 0.5) is 0 Å². The number of fused-ring (bicyclic) bond motifs is 3. The molecular weight excluding hydrogens is 268 g/mol. The van der Waals surface area contributed by atoms with Crippen molar-refractivity contribution in [3.05, 3.63) is 31.3 Å². The summed E-state index contributed by atoms with van der Waals surface area (Å²) in [4.78, 5) is 30.3. The van der Waals surface area contributed by atoms with Crippen LogP contribution in [-0.2, 0) is 12.2 Å². The lowest BCUT2D eigenvalue weighted by atomic mass is 9.96. The van der Waals surface area contributed by atoms with E-state index in [1.165, 1.54) is 4.88 Å². The zero-order valence-corrected chi connectivity index (χ0v) is 11.9. The van der Waals surface area contributed by atoms with Crippen LogP contribution in [0.5, 0.6) is 0 Å². The van der Waals surface area contributed by atoms with Gasteiger partial charge in [0.25, 0.3) is 5.56 Å². The molecular formula is C12H14N2O2S2. The molecule has 3 heterocycles. The fraction of sp³-hybridized carbons (Fsp3) is 0.500. The average Bonchev–Trinajstić information content (AvgIpc) is 2.66. The Labute approximate surface area is 112 Å². The molecule has 4 nitrogen and oxygen atoms in total. The molecule has 6 heteroatoms. The van der Waals surface area contributed by atoms with Gasteiger partial charge < -0.3 is 0 Å². The molecule has 0 radical (unpaired) electrons. The van der Waals surface area contributed by atoms with E-state index in [-0.39, 0.29) is 10.3 Å². The maximum Gasteiger partial charge on any atom is 0.326 e. The summed E-state index contributed by atoms with van der Waals surface area (Å²) in [7, 11) is 0. The van der Waals surface area contributed by atoms with Gasteiger partial charge in [-0.15, -0.1) is 23.1 Å². The van der Waals surface area contributed by atoms with E-state index in [4.69, 9.17) is 0 Å². The van der Waals surface area contributed by atoms with Crippen LogP contribution in [0.1, 0.15) is 30.7 Å². The summed E-state index contributed by atoms with van der Waals surface area (Å²) in [6.07, 6.45) is 1.98. The Hall–Kier alpha value is -1.01. The molecule has 0 aromatic carbocycles. The van der Waals surface area contributed by atoms with Gasteiger partial charge in [-0.25, -0.2) is 4.79 Å². The molecule has 0 bridgehead atoms. The molecule has 0 unspecified atom stereocenters. The normalized spacial score (nSPS) is 23.2. The van der Waals surface area contributed by atoms with Crippen LogP contribution in [0.25, 0.3) is 10.2 Å². The number of thiophene rings is 1. The van der Waals surface area contributed by atoms with Gasteiger partial charge in [-0.05, 0) is 18.4 Å². The second-order valence-electron chi connectivity index (χ2n) is 4.89. The van der Waals surface area contributed by atoms with Gasteiger partial charge in [0.2, 0.25) is 0 Å². The van der Waals surface area contributed by atoms with Crippen molar-refractivity contribution in [3.63, 3.8) is 0 Å². The molecule has 3 rings (SSSR count). The Morgan fingerprint density at radius 3 is 2.83 bits per heavy atom. The Morgan fingerprint density at radius 2 is 2.11 bits per heavy atom. The van der Waals surface area contributed by atoms with E-state index in [1.807, 2.05) is 11.8 Å². The number of aromatic amines is 2. The minimum Gasteiger partial charge on any atom is -0.298 e. The SMILES string of the molecule is CC[C@@]1(C)Cc2c(sc3[nH]c(=O)[nH]c(=O)c23)CS1. The van der Waals surface area contributed by atoms with Gasteiger partial charge in [0, 0.05) is 15.4 Å². The molecule has 2 aromatic heterocycles. The summed E-state index contributed by atoms with van der Waals surface area (Å²) in [5.74, 6) is 0.931. The maximum absolute atomic E-state index is 12.0. The third-order valence-corrected chi connectivity index (χ3v) is 6.52. The highest BCUT2D eigenvalue weighted by Crippen LogP contribution is 2.45. The van der Waals surface area contributed by atoms with E-state index in [9.17, 15) is 9.59 Å². The summed E-state index contributed by atoms with van der Waals surface area (Å²) in [5, 5.41) is 0.689.